The van der Waals surface area contributed by atoms with Gasteiger partial charge in [-0.25, -0.2) is 8.78 Å². The summed E-state index contributed by atoms with van der Waals surface area (Å²) >= 11 is 2.81. The van der Waals surface area contributed by atoms with E-state index in [0.29, 0.717) is 5.56 Å². The van der Waals surface area contributed by atoms with E-state index in [1.165, 1.54) is 12.1 Å². The molecule has 0 saturated heterocycles. The normalized spacial score (nSPS) is 12.6. The van der Waals surface area contributed by atoms with Crippen LogP contribution >= 0.6 is 15.9 Å². The van der Waals surface area contributed by atoms with Gasteiger partial charge in [-0.2, -0.15) is 0 Å². The second-order valence-corrected chi connectivity index (χ2v) is 3.86. The van der Waals surface area contributed by atoms with E-state index in [9.17, 15) is 13.6 Å². The molecule has 0 aliphatic rings. The minimum absolute atomic E-state index is 0.173. The van der Waals surface area contributed by atoms with Crippen LogP contribution in [-0.2, 0) is 4.79 Å². The number of rotatable bonds is 3. The molecule has 1 nitrogen and oxygen atoms in total. The first-order valence-corrected chi connectivity index (χ1v) is 4.94. The molecule has 1 rings (SSSR count). The fourth-order valence-corrected chi connectivity index (χ4v) is 1.55. The molecule has 0 aliphatic carbocycles. The smallest absolute Gasteiger partial charge is 0.143 e. The average molecular weight is 263 g/mol. The Morgan fingerprint density at radius 3 is 2.71 bits per heavy atom. The summed E-state index contributed by atoms with van der Waals surface area (Å²) in [6.45, 7) is 1.72. The van der Waals surface area contributed by atoms with Crippen molar-refractivity contribution in [3.8, 4) is 0 Å². The van der Waals surface area contributed by atoms with Gasteiger partial charge in [0.25, 0.3) is 0 Å². The second kappa shape index (κ2) is 4.64. The third-order valence-electron chi connectivity index (χ3n) is 2.05. The Morgan fingerprint density at radius 1 is 1.50 bits per heavy atom. The minimum Gasteiger partial charge on any atom is -0.303 e. The summed E-state index contributed by atoms with van der Waals surface area (Å²) in [6.07, 6.45) is 0.955. The summed E-state index contributed by atoms with van der Waals surface area (Å²) in [5, 5.41) is 0. The largest absolute Gasteiger partial charge is 0.303 e. The maximum Gasteiger partial charge on any atom is 0.143 e. The predicted octanol–water partition coefficient (Wildman–Crippen LogP) is 3.42. The van der Waals surface area contributed by atoms with E-state index in [1.54, 1.807) is 6.92 Å². The fourth-order valence-electron chi connectivity index (χ4n) is 1.19. The van der Waals surface area contributed by atoms with Crippen LogP contribution in [0.5, 0.6) is 0 Å². The van der Waals surface area contributed by atoms with Crippen molar-refractivity contribution in [2.75, 3.05) is 0 Å². The Morgan fingerprint density at radius 2 is 2.14 bits per heavy atom. The molecular formula is C10H9BrF2O. The van der Waals surface area contributed by atoms with Crippen LogP contribution in [0.1, 0.15) is 24.8 Å². The molecule has 4 heteroatoms. The van der Waals surface area contributed by atoms with Gasteiger partial charge in [0.1, 0.15) is 17.9 Å². The number of aldehydes is 1. The summed E-state index contributed by atoms with van der Waals surface area (Å²) in [4.78, 5) is 10.2. The minimum atomic E-state index is -0.635. The predicted molar refractivity (Wildman–Crippen MR) is 53.2 cm³/mol. The highest BCUT2D eigenvalue weighted by Gasteiger charge is 2.15. The van der Waals surface area contributed by atoms with E-state index in [2.05, 4.69) is 15.9 Å². The second-order valence-electron chi connectivity index (χ2n) is 3.07. The van der Waals surface area contributed by atoms with E-state index in [4.69, 9.17) is 0 Å². The van der Waals surface area contributed by atoms with E-state index >= 15 is 0 Å². The number of benzene rings is 1. The lowest BCUT2D eigenvalue weighted by Gasteiger charge is -2.10. The Balaban J connectivity index is 3.10. The van der Waals surface area contributed by atoms with Crippen molar-refractivity contribution >= 4 is 22.2 Å². The molecule has 0 heterocycles. The summed E-state index contributed by atoms with van der Waals surface area (Å²) < 4.78 is 26.1. The molecule has 0 saturated carbocycles. The molecule has 0 bridgehead atoms. The number of halogens is 3. The van der Waals surface area contributed by atoms with Crippen molar-refractivity contribution in [2.45, 2.75) is 19.3 Å². The van der Waals surface area contributed by atoms with Crippen molar-refractivity contribution in [3.63, 3.8) is 0 Å². The van der Waals surface area contributed by atoms with Gasteiger partial charge >= 0.3 is 0 Å². The highest BCUT2D eigenvalue weighted by Crippen LogP contribution is 2.28. The summed E-state index contributed by atoms with van der Waals surface area (Å²) in [5.74, 6) is -1.49. The quantitative estimate of drug-likeness (QED) is 0.603. The molecule has 0 amide bonds. The third kappa shape index (κ3) is 2.18. The summed E-state index contributed by atoms with van der Waals surface area (Å²) in [5.41, 5.74) is 0.352. The van der Waals surface area contributed by atoms with Crippen LogP contribution in [0.25, 0.3) is 0 Å². The van der Waals surface area contributed by atoms with Crippen LogP contribution in [0.15, 0.2) is 16.6 Å². The van der Waals surface area contributed by atoms with Gasteiger partial charge in [-0.15, -0.1) is 0 Å². The van der Waals surface area contributed by atoms with E-state index in [1.807, 2.05) is 0 Å². The SMILES string of the molecule is CC(CC=O)c1ccc(F)c(Br)c1F. The molecule has 1 atom stereocenters. The van der Waals surface area contributed by atoms with E-state index < -0.39 is 11.6 Å². The monoisotopic (exact) mass is 262 g/mol. The van der Waals surface area contributed by atoms with Crippen LogP contribution in [0.3, 0.4) is 0 Å². The molecular weight excluding hydrogens is 254 g/mol. The average Bonchev–Trinajstić information content (AvgIpc) is 2.15. The molecule has 0 aromatic heterocycles. The maximum absolute atomic E-state index is 13.4. The molecule has 1 aromatic carbocycles. The molecule has 0 fully saturated rings. The Labute approximate surface area is 89.3 Å². The fraction of sp³-hybridized carbons (Fsp3) is 0.300. The Bertz CT molecular complexity index is 352. The number of hydrogen-bond acceptors (Lipinski definition) is 1. The zero-order valence-corrected chi connectivity index (χ0v) is 9.14. The number of carbonyl (C=O) groups excluding carboxylic acids is 1. The van der Waals surface area contributed by atoms with Gasteiger partial charge < -0.3 is 4.79 Å². The van der Waals surface area contributed by atoms with E-state index in [-0.39, 0.29) is 16.8 Å². The zero-order chi connectivity index (χ0) is 10.7. The zero-order valence-electron chi connectivity index (χ0n) is 7.56. The van der Waals surface area contributed by atoms with Crippen molar-refractivity contribution in [2.24, 2.45) is 0 Å². The van der Waals surface area contributed by atoms with Gasteiger partial charge in [0.15, 0.2) is 0 Å². The first-order valence-electron chi connectivity index (χ1n) is 4.15. The van der Waals surface area contributed by atoms with E-state index in [0.717, 1.165) is 6.29 Å². The molecule has 14 heavy (non-hydrogen) atoms. The van der Waals surface area contributed by atoms with Crippen LogP contribution < -0.4 is 0 Å². The third-order valence-corrected chi connectivity index (χ3v) is 2.77. The highest BCUT2D eigenvalue weighted by molar-refractivity contribution is 9.10. The van der Waals surface area contributed by atoms with Crippen LogP contribution in [0.2, 0.25) is 0 Å². The first kappa shape index (κ1) is 11.3. The van der Waals surface area contributed by atoms with Gasteiger partial charge in [-0.3, -0.25) is 0 Å². The van der Waals surface area contributed by atoms with Gasteiger partial charge in [0.05, 0.1) is 4.47 Å². The molecule has 0 spiro atoms. The van der Waals surface area contributed by atoms with Crippen molar-refractivity contribution < 1.29 is 13.6 Å². The summed E-state index contributed by atoms with van der Waals surface area (Å²) in [6, 6.07) is 2.55. The highest BCUT2D eigenvalue weighted by atomic mass is 79.9. The Hall–Kier alpha value is -0.770. The molecule has 1 unspecified atom stereocenters. The lowest BCUT2D eigenvalue weighted by atomic mass is 9.98. The molecule has 0 aliphatic heterocycles. The van der Waals surface area contributed by atoms with Crippen molar-refractivity contribution in [3.05, 3.63) is 33.8 Å². The van der Waals surface area contributed by atoms with Crippen molar-refractivity contribution in [1.29, 1.82) is 0 Å². The van der Waals surface area contributed by atoms with Crippen molar-refractivity contribution in [1.82, 2.24) is 0 Å². The van der Waals surface area contributed by atoms with Gasteiger partial charge in [0, 0.05) is 6.42 Å². The van der Waals surface area contributed by atoms with Gasteiger partial charge in [0.2, 0.25) is 0 Å². The number of carbonyl (C=O) groups is 1. The lowest BCUT2D eigenvalue weighted by Crippen LogP contribution is -2.00. The first-order chi connectivity index (χ1) is 6.57. The molecule has 1 aromatic rings. The molecule has 76 valence electrons. The Kier molecular flexibility index (Phi) is 3.75. The van der Waals surface area contributed by atoms with Crippen LogP contribution in [0.4, 0.5) is 8.78 Å². The summed E-state index contributed by atoms with van der Waals surface area (Å²) in [7, 11) is 0. The molecule has 0 N–H and O–H groups in total. The standard InChI is InChI=1S/C10H9BrF2O/c1-6(4-5-14)7-2-3-8(12)9(11)10(7)13/h2-3,5-6H,4H2,1H3. The molecule has 0 radical (unpaired) electrons. The van der Waals surface area contributed by atoms with Gasteiger partial charge in [-0.05, 0) is 33.5 Å². The van der Waals surface area contributed by atoms with Crippen LogP contribution in [0, 0.1) is 11.6 Å². The van der Waals surface area contributed by atoms with Gasteiger partial charge in [-0.1, -0.05) is 13.0 Å². The topological polar surface area (TPSA) is 17.1 Å². The van der Waals surface area contributed by atoms with Crippen LogP contribution in [-0.4, -0.2) is 6.29 Å². The lowest BCUT2D eigenvalue weighted by molar-refractivity contribution is -0.108. The maximum atomic E-state index is 13.4. The number of hydrogen-bond donors (Lipinski definition) is 0.